The Morgan fingerprint density at radius 1 is 1.20 bits per heavy atom. The molecule has 5 heteroatoms. The highest BCUT2D eigenvalue weighted by atomic mass is 16.7. The lowest BCUT2D eigenvalue weighted by atomic mass is 10.1. The van der Waals surface area contributed by atoms with E-state index in [-0.39, 0.29) is 11.7 Å². The van der Waals surface area contributed by atoms with E-state index in [1.54, 1.807) is 12.1 Å². The second-order valence-corrected chi connectivity index (χ2v) is 7.12. The van der Waals surface area contributed by atoms with Crippen LogP contribution in [-0.4, -0.2) is 17.9 Å². The molecule has 0 bridgehead atoms. The second kappa shape index (κ2) is 6.14. The Morgan fingerprint density at radius 3 is 2.68 bits per heavy atom. The number of aromatic nitrogens is 1. The van der Waals surface area contributed by atoms with Crippen molar-refractivity contribution < 1.29 is 14.2 Å². The smallest absolute Gasteiger partial charge is 0.219 e. The third-order valence-electron chi connectivity index (χ3n) is 5.24. The molecular weight excluding hydrogens is 316 g/mol. The zero-order valence-corrected chi connectivity index (χ0v) is 14.3. The van der Waals surface area contributed by atoms with Crippen LogP contribution in [0, 0.1) is 28.6 Å². The highest BCUT2D eigenvalue weighted by Gasteiger charge is 2.66. The van der Waals surface area contributed by atoms with Crippen molar-refractivity contribution in [3.8, 4) is 17.7 Å². The molecular formula is C20H20N2O3. The Labute approximate surface area is 147 Å². The van der Waals surface area contributed by atoms with Crippen LogP contribution in [0.5, 0.6) is 11.6 Å². The van der Waals surface area contributed by atoms with E-state index < -0.39 is 6.10 Å². The molecule has 128 valence electrons. The van der Waals surface area contributed by atoms with E-state index in [1.807, 2.05) is 36.4 Å². The first-order valence-corrected chi connectivity index (χ1v) is 8.46. The van der Waals surface area contributed by atoms with Gasteiger partial charge in [-0.05, 0) is 29.5 Å². The average molecular weight is 336 g/mol. The first-order valence-electron chi connectivity index (χ1n) is 8.46. The van der Waals surface area contributed by atoms with Crippen LogP contribution in [0.2, 0.25) is 0 Å². The third kappa shape index (κ3) is 2.99. The van der Waals surface area contributed by atoms with Crippen LogP contribution < -0.4 is 4.74 Å². The van der Waals surface area contributed by atoms with Crippen molar-refractivity contribution in [2.45, 2.75) is 26.2 Å². The van der Waals surface area contributed by atoms with Gasteiger partial charge >= 0.3 is 0 Å². The zero-order chi connectivity index (χ0) is 17.4. The van der Waals surface area contributed by atoms with Gasteiger partial charge in [0, 0.05) is 12.0 Å². The van der Waals surface area contributed by atoms with Gasteiger partial charge in [0.2, 0.25) is 5.88 Å². The van der Waals surface area contributed by atoms with Crippen molar-refractivity contribution in [2.24, 2.45) is 17.3 Å². The number of rotatable bonds is 5. The molecule has 0 N–H and O–H groups in total. The monoisotopic (exact) mass is 336 g/mol. The summed E-state index contributed by atoms with van der Waals surface area (Å²) >= 11 is 0. The molecule has 4 atom stereocenters. The lowest BCUT2D eigenvalue weighted by Gasteiger charge is -2.21. The largest absolute Gasteiger partial charge is 0.439 e. The van der Waals surface area contributed by atoms with Crippen LogP contribution in [0.15, 0.2) is 48.5 Å². The lowest BCUT2D eigenvalue weighted by molar-refractivity contribution is -0.159. The molecule has 1 saturated heterocycles. The SMILES string of the molecule is CC1(C)[C@@H]2[C@@H](O[C@@H](C#N)c3cccc(Oc4ccccc4)n3)OC[C@@H]21. The minimum Gasteiger partial charge on any atom is -0.439 e. The Morgan fingerprint density at radius 2 is 2.00 bits per heavy atom. The highest BCUT2D eigenvalue weighted by molar-refractivity contribution is 5.28. The Bertz CT molecular complexity index is 800. The van der Waals surface area contributed by atoms with Crippen molar-refractivity contribution in [1.82, 2.24) is 4.98 Å². The standard InChI is InChI=1S/C20H20N2O3/c1-20(2)14-12-23-19(18(14)20)25-16(11-21)15-9-6-10-17(22-15)24-13-7-4-3-5-8-13/h3-10,14,16,18-19H,12H2,1-2H3/t14-,16-,18-,19+/m0/s1. The van der Waals surface area contributed by atoms with E-state index in [0.717, 1.165) is 0 Å². The fourth-order valence-corrected chi connectivity index (χ4v) is 3.61. The van der Waals surface area contributed by atoms with Crippen LogP contribution in [0.1, 0.15) is 25.6 Å². The molecule has 4 rings (SSSR count). The quantitative estimate of drug-likeness (QED) is 0.823. The van der Waals surface area contributed by atoms with E-state index in [9.17, 15) is 5.26 Å². The summed E-state index contributed by atoms with van der Waals surface area (Å²) in [5.74, 6) is 2.01. The minimum atomic E-state index is -0.778. The van der Waals surface area contributed by atoms with Crippen molar-refractivity contribution in [3.05, 3.63) is 54.2 Å². The van der Waals surface area contributed by atoms with Crippen LogP contribution in [0.3, 0.4) is 0 Å². The Kier molecular flexibility index (Phi) is 3.95. The molecule has 2 heterocycles. The number of hydrogen-bond acceptors (Lipinski definition) is 5. The number of benzene rings is 1. The molecule has 0 spiro atoms. The molecule has 1 aromatic carbocycles. The molecule has 5 nitrogen and oxygen atoms in total. The van der Waals surface area contributed by atoms with Gasteiger partial charge in [0.05, 0.1) is 12.3 Å². The van der Waals surface area contributed by atoms with Gasteiger partial charge in [-0.15, -0.1) is 0 Å². The molecule has 2 aromatic rings. The van der Waals surface area contributed by atoms with Gasteiger partial charge < -0.3 is 14.2 Å². The fourth-order valence-electron chi connectivity index (χ4n) is 3.61. The van der Waals surface area contributed by atoms with Crippen LogP contribution in [0.25, 0.3) is 0 Å². The summed E-state index contributed by atoms with van der Waals surface area (Å²) in [6, 6.07) is 17.0. The summed E-state index contributed by atoms with van der Waals surface area (Å²) in [7, 11) is 0. The van der Waals surface area contributed by atoms with E-state index in [2.05, 4.69) is 24.9 Å². The Balaban J connectivity index is 1.48. The molecule has 2 fully saturated rings. The summed E-state index contributed by atoms with van der Waals surface area (Å²) in [5, 5.41) is 9.54. The van der Waals surface area contributed by atoms with Gasteiger partial charge in [-0.25, -0.2) is 4.98 Å². The number of pyridine rings is 1. The molecule has 25 heavy (non-hydrogen) atoms. The van der Waals surface area contributed by atoms with Crippen molar-refractivity contribution in [3.63, 3.8) is 0 Å². The molecule has 0 unspecified atom stereocenters. The summed E-state index contributed by atoms with van der Waals surface area (Å²) in [5.41, 5.74) is 0.760. The van der Waals surface area contributed by atoms with Gasteiger partial charge in [-0.1, -0.05) is 38.1 Å². The van der Waals surface area contributed by atoms with Crippen molar-refractivity contribution in [2.75, 3.05) is 6.61 Å². The van der Waals surface area contributed by atoms with Gasteiger partial charge in [-0.2, -0.15) is 5.26 Å². The van der Waals surface area contributed by atoms with Gasteiger partial charge in [0.1, 0.15) is 11.8 Å². The minimum absolute atomic E-state index is 0.231. The van der Waals surface area contributed by atoms with E-state index in [0.29, 0.717) is 35.8 Å². The maximum Gasteiger partial charge on any atom is 0.219 e. The average Bonchev–Trinajstić information content (AvgIpc) is 2.95. The summed E-state index contributed by atoms with van der Waals surface area (Å²) in [4.78, 5) is 4.43. The van der Waals surface area contributed by atoms with Gasteiger partial charge in [0.15, 0.2) is 12.4 Å². The summed E-state index contributed by atoms with van der Waals surface area (Å²) < 4.78 is 17.4. The first kappa shape index (κ1) is 16.1. The number of nitriles is 1. The highest BCUT2D eigenvalue weighted by Crippen LogP contribution is 2.64. The number of nitrogens with zero attached hydrogens (tertiary/aromatic N) is 2. The molecule has 1 aliphatic heterocycles. The maximum absolute atomic E-state index is 9.54. The van der Waals surface area contributed by atoms with E-state index in [1.165, 1.54) is 0 Å². The van der Waals surface area contributed by atoms with Crippen LogP contribution in [0.4, 0.5) is 0 Å². The predicted octanol–water partition coefficient (Wildman–Crippen LogP) is 4.08. The van der Waals surface area contributed by atoms with E-state index in [4.69, 9.17) is 14.2 Å². The normalized spacial score (nSPS) is 27.2. The second-order valence-electron chi connectivity index (χ2n) is 7.12. The fraction of sp³-hybridized carbons (Fsp3) is 0.400. The lowest BCUT2D eigenvalue weighted by Crippen LogP contribution is -2.23. The number of ether oxygens (including phenoxy) is 3. The summed E-state index contributed by atoms with van der Waals surface area (Å²) in [6.07, 6.45) is -1.12. The van der Waals surface area contributed by atoms with Crippen LogP contribution >= 0.6 is 0 Å². The zero-order valence-electron chi connectivity index (χ0n) is 14.3. The predicted molar refractivity (Wildman–Crippen MR) is 90.7 cm³/mol. The summed E-state index contributed by atoms with van der Waals surface area (Å²) in [6.45, 7) is 5.13. The molecule has 1 aliphatic carbocycles. The first-order chi connectivity index (χ1) is 12.1. The number of hydrogen-bond donors (Lipinski definition) is 0. The Hall–Kier alpha value is -2.42. The van der Waals surface area contributed by atoms with Crippen molar-refractivity contribution >= 4 is 0 Å². The maximum atomic E-state index is 9.54. The van der Waals surface area contributed by atoms with Gasteiger partial charge in [-0.3, -0.25) is 0 Å². The van der Waals surface area contributed by atoms with Crippen molar-refractivity contribution in [1.29, 1.82) is 5.26 Å². The molecule has 1 aromatic heterocycles. The third-order valence-corrected chi connectivity index (χ3v) is 5.24. The van der Waals surface area contributed by atoms with E-state index >= 15 is 0 Å². The van der Waals surface area contributed by atoms with Crippen LogP contribution in [-0.2, 0) is 9.47 Å². The molecule has 0 radical (unpaired) electrons. The van der Waals surface area contributed by atoms with Gasteiger partial charge in [0.25, 0.3) is 0 Å². The topological polar surface area (TPSA) is 64.4 Å². The molecule has 0 amide bonds. The molecule has 2 aliphatic rings. The number of fused-ring (bicyclic) bond motifs is 1. The number of para-hydroxylation sites is 1. The molecule has 1 saturated carbocycles.